The number of hydrogen-bond donors (Lipinski definition) is 2. The molecule has 0 spiro atoms. The molecule has 3 aromatic rings. The van der Waals surface area contributed by atoms with Gasteiger partial charge in [0.2, 0.25) is 10.0 Å². The Labute approximate surface area is 186 Å². The van der Waals surface area contributed by atoms with Gasteiger partial charge >= 0.3 is 5.97 Å². The van der Waals surface area contributed by atoms with Crippen molar-refractivity contribution in [2.75, 3.05) is 37.1 Å². The number of esters is 1. The summed E-state index contributed by atoms with van der Waals surface area (Å²) in [4.78, 5) is 20.2. The van der Waals surface area contributed by atoms with Crippen LogP contribution >= 0.6 is 0 Å². The average Bonchev–Trinajstić information content (AvgIpc) is 2.78. The zero-order chi connectivity index (χ0) is 23.1. The molecule has 1 heterocycles. The van der Waals surface area contributed by atoms with Crippen molar-refractivity contribution >= 4 is 44.3 Å². The van der Waals surface area contributed by atoms with Gasteiger partial charge in [-0.25, -0.2) is 18.4 Å². The van der Waals surface area contributed by atoms with Gasteiger partial charge in [-0.15, -0.1) is 0 Å². The number of fused-ring (bicyclic) bond motifs is 1. The van der Waals surface area contributed by atoms with E-state index in [2.05, 4.69) is 24.7 Å². The van der Waals surface area contributed by atoms with Crippen molar-refractivity contribution in [2.45, 2.75) is 12.8 Å². The molecule has 0 aliphatic heterocycles. The molecule has 0 saturated heterocycles. The van der Waals surface area contributed by atoms with Crippen LogP contribution in [0.2, 0.25) is 0 Å². The van der Waals surface area contributed by atoms with E-state index in [9.17, 15) is 13.2 Å². The Balaban J connectivity index is 1.93. The van der Waals surface area contributed by atoms with Gasteiger partial charge in [0.05, 0.1) is 38.1 Å². The lowest BCUT2D eigenvalue weighted by molar-refractivity contribution is -0.140. The maximum Gasteiger partial charge on any atom is 0.305 e. The molecular weight excluding hydrogens is 436 g/mol. The van der Waals surface area contributed by atoms with Gasteiger partial charge in [0.1, 0.15) is 11.5 Å². The van der Waals surface area contributed by atoms with Crippen molar-refractivity contribution < 1.29 is 27.4 Å². The van der Waals surface area contributed by atoms with Gasteiger partial charge in [-0.1, -0.05) is 12.1 Å². The third-order valence-corrected chi connectivity index (χ3v) is 5.79. The van der Waals surface area contributed by atoms with E-state index in [1.54, 1.807) is 36.4 Å². The number of nitrogens with zero attached hydrogens (tertiary/aromatic N) is 2. The second-order valence-electron chi connectivity index (χ2n) is 6.74. The Morgan fingerprint density at radius 3 is 2.09 bits per heavy atom. The minimum atomic E-state index is -3.80. The topological polar surface area (TPSA) is 129 Å². The summed E-state index contributed by atoms with van der Waals surface area (Å²) in [6.45, 7) is 0. The largest absolute Gasteiger partial charge is 0.497 e. The number of benzene rings is 2. The van der Waals surface area contributed by atoms with Crippen LogP contribution in [0.1, 0.15) is 12.8 Å². The van der Waals surface area contributed by atoms with E-state index < -0.39 is 16.0 Å². The van der Waals surface area contributed by atoms with E-state index in [1.807, 2.05) is 6.07 Å². The van der Waals surface area contributed by atoms with E-state index in [0.717, 1.165) is 0 Å². The molecule has 2 aromatic carbocycles. The maximum absolute atomic E-state index is 12.6. The fraction of sp³-hybridized carbons (Fsp3) is 0.286. The summed E-state index contributed by atoms with van der Waals surface area (Å²) >= 11 is 0. The summed E-state index contributed by atoms with van der Waals surface area (Å²) in [7, 11) is 0.518. The summed E-state index contributed by atoms with van der Waals surface area (Å²) in [5.41, 5.74) is 1.67. The van der Waals surface area contributed by atoms with Crippen LogP contribution in [0.15, 0.2) is 42.5 Å². The molecule has 10 nitrogen and oxygen atoms in total. The van der Waals surface area contributed by atoms with Gasteiger partial charge in [-0.05, 0) is 18.6 Å². The molecule has 0 amide bonds. The molecular formula is C21H24N4O6S. The molecule has 0 saturated carbocycles. The first-order chi connectivity index (χ1) is 15.3. The van der Waals surface area contributed by atoms with Crippen molar-refractivity contribution in [3.63, 3.8) is 0 Å². The highest BCUT2D eigenvalue weighted by Crippen LogP contribution is 2.30. The van der Waals surface area contributed by atoms with Crippen LogP contribution < -0.4 is 19.5 Å². The van der Waals surface area contributed by atoms with Gasteiger partial charge in [0.25, 0.3) is 0 Å². The predicted molar refractivity (Wildman–Crippen MR) is 121 cm³/mol. The molecule has 0 aliphatic rings. The zero-order valence-corrected chi connectivity index (χ0v) is 18.7. The average molecular weight is 461 g/mol. The van der Waals surface area contributed by atoms with Crippen molar-refractivity contribution in [1.82, 2.24) is 9.97 Å². The third-order valence-electron chi connectivity index (χ3n) is 4.46. The van der Waals surface area contributed by atoms with Crippen molar-refractivity contribution in [3.8, 4) is 11.5 Å². The van der Waals surface area contributed by atoms with Gasteiger partial charge in [0, 0.05) is 30.3 Å². The minimum absolute atomic E-state index is 0.00444. The first kappa shape index (κ1) is 23.1. The highest BCUT2D eigenvalue weighted by atomic mass is 32.2. The number of carbonyl (C=O) groups excluding carboxylic acids is 1. The Morgan fingerprint density at radius 2 is 1.53 bits per heavy atom. The number of sulfonamides is 1. The van der Waals surface area contributed by atoms with E-state index in [0.29, 0.717) is 28.2 Å². The van der Waals surface area contributed by atoms with Crippen LogP contribution in [0.4, 0.5) is 17.3 Å². The van der Waals surface area contributed by atoms with E-state index in [-0.39, 0.29) is 30.2 Å². The summed E-state index contributed by atoms with van der Waals surface area (Å²) in [5.74, 6) is 0.582. The summed E-state index contributed by atoms with van der Waals surface area (Å²) in [6, 6.07) is 12.2. The Hall–Kier alpha value is -3.60. The number of anilines is 3. The lowest BCUT2D eigenvalue weighted by Crippen LogP contribution is -2.19. The molecule has 32 heavy (non-hydrogen) atoms. The van der Waals surface area contributed by atoms with Crippen molar-refractivity contribution in [3.05, 3.63) is 42.5 Å². The van der Waals surface area contributed by atoms with Crippen molar-refractivity contribution in [1.29, 1.82) is 0 Å². The third kappa shape index (κ3) is 5.97. The monoisotopic (exact) mass is 460 g/mol. The number of methoxy groups -OCH3 is 3. The maximum atomic E-state index is 12.6. The van der Waals surface area contributed by atoms with Gasteiger partial charge in [0.15, 0.2) is 11.6 Å². The lowest BCUT2D eigenvalue weighted by Gasteiger charge is -2.15. The van der Waals surface area contributed by atoms with Crippen LogP contribution in [0.5, 0.6) is 11.5 Å². The van der Waals surface area contributed by atoms with E-state index in [1.165, 1.54) is 21.3 Å². The van der Waals surface area contributed by atoms with Gasteiger partial charge in [-0.2, -0.15) is 0 Å². The van der Waals surface area contributed by atoms with Crippen molar-refractivity contribution in [2.24, 2.45) is 0 Å². The second kappa shape index (κ2) is 10.1. The normalized spacial score (nSPS) is 11.1. The van der Waals surface area contributed by atoms with Crippen LogP contribution in [0.3, 0.4) is 0 Å². The molecule has 0 fully saturated rings. The summed E-state index contributed by atoms with van der Waals surface area (Å²) < 4.78 is 42.8. The van der Waals surface area contributed by atoms with Gasteiger partial charge < -0.3 is 19.5 Å². The molecule has 2 N–H and O–H groups in total. The molecule has 0 unspecified atom stereocenters. The smallest absolute Gasteiger partial charge is 0.305 e. The number of carbonyl (C=O) groups is 1. The first-order valence-electron chi connectivity index (χ1n) is 9.67. The lowest BCUT2D eigenvalue weighted by atomic mass is 10.2. The number of ether oxygens (including phenoxy) is 3. The Bertz CT molecular complexity index is 1190. The highest BCUT2D eigenvalue weighted by Gasteiger charge is 2.18. The molecule has 0 radical (unpaired) electrons. The van der Waals surface area contributed by atoms with Gasteiger partial charge in [-0.3, -0.25) is 9.52 Å². The molecule has 11 heteroatoms. The molecule has 0 atom stereocenters. The molecule has 170 valence electrons. The fourth-order valence-electron chi connectivity index (χ4n) is 2.88. The fourth-order valence-corrected chi connectivity index (χ4v) is 3.94. The summed E-state index contributed by atoms with van der Waals surface area (Å²) in [6.07, 6.45) is 0.106. The van der Waals surface area contributed by atoms with E-state index in [4.69, 9.17) is 9.47 Å². The van der Waals surface area contributed by atoms with E-state index >= 15 is 0 Å². The SMILES string of the molecule is COC(=O)CCCS(=O)(=O)Nc1nc2ccccc2nc1Nc1cc(OC)cc(OC)c1. The highest BCUT2D eigenvalue weighted by molar-refractivity contribution is 7.92. The van der Waals surface area contributed by atoms with Crippen LogP contribution in [0, 0.1) is 0 Å². The number of hydrogen-bond acceptors (Lipinski definition) is 9. The van der Waals surface area contributed by atoms with Crippen LogP contribution in [-0.4, -0.2) is 51.4 Å². The number of rotatable bonds is 10. The number of para-hydroxylation sites is 2. The standard InChI is InChI=1S/C21H24N4O6S/c1-29-15-11-14(12-16(13-15)30-2)22-20-21(24-18-8-5-4-7-17(18)23-20)25-32(27,28)10-6-9-19(26)31-3/h4-5,7-8,11-13H,6,9-10H2,1-3H3,(H,22,23)(H,24,25). The second-order valence-corrected chi connectivity index (χ2v) is 8.58. The number of aromatic nitrogens is 2. The summed E-state index contributed by atoms with van der Waals surface area (Å²) in [5, 5.41) is 3.09. The zero-order valence-electron chi connectivity index (χ0n) is 17.9. The molecule has 1 aromatic heterocycles. The minimum Gasteiger partial charge on any atom is -0.497 e. The van der Waals surface area contributed by atoms with Crippen LogP contribution in [0.25, 0.3) is 11.0 Å². The quantitative estimate of drug-likeness (QED) is 0.439. The predicted octanol–water partition coefficient (Wildman–Crippen LogP) is 3.09. The first-order valence-corrected chi connectivity index (χ1v) is 11.3. The number of nitrogens with one attached hydrogen (secondary N) is 2. The molecule has 0 bridgehead atoms. The Kier molecular flexibility index (Phi) is 7.31. The molecule has 0 aliphatic carbocycles. The molecule has 3 rings (SSSR count). The van der Waals surface area contributed by atoms with Crippen LogP contribution in [-0.2, 0) is 19.6 Å². The Morgan fingerprint density at radius 1 is 0.938 bits per heavy atom.